The Kier molecular flexibility index (Phi) is 2.93. The quantitative estimate of drug-likeness (QED) is 0.872. The van der Waals surface area contributed by atoms with Crippen molar-refractivity contribution in [1.82, 2.24) is 4.98 Å². The number of nitrogens with zero attached hydrogens (tertiary/aromatic N) is 1. The van der Waals surface area contributed by atoms with Gasteiger partial charge in [-0.2, -0.15) is 0 Å². The molecule has 0 unspecified atom stereocenters. The Bertz CT molecular complexity index is 479. The van der Waals surface area contributed by atoms with Crippen molar-refractivity contribution >= 4 is 28.8 Å². The Morgan fingerprint density at radius 3 is 2.93 bits per heavy atom. The maximum absolute atomic E-state index is 5.87. The monoisotopic (exact) mass is 238 g/mol. The normalized spacial score (nSPS) is 10.5. The average Bonchev–Trinajstić information content (AvgIpc) is 2.58. The first-order chi connectivity index (χ1) is 7.15. The van der Waals surface area contributed by atoms with Crippen LogP contribution in [0.15, 0.2) is 24.4 Å². The first-order valence-corrected chi connectivity index (χ1v) is 5.80. The lowest BCUT2D eigenvalue weighted by molar-refractivity contribution is 1.16. The second kappa shape index (κ2) is 4.21. The summed E-state index contributed by atoms with van der Waals surface area (Å²) in [7, 11) is 0. The molecule has 2 aromatic heterocycles. The van der Waals surface area contributed by atoms with Gasteiger partial charge in [0, 0.05) is 17.5 Å². The summed E-state index contributed by atoms with van der Waals surface area (Å²) in [6, 6.07) is 5.99. The molecule has 0 aliphatic carbocycles. The Hall–Kier alpha value is -1.06. The van der Waals surface area contributed by atoms with E-state index in [1.807, 2.05) is 19.1 Å². The van der Waals surface area contributed by atoms with Crippen molar-refractivity contribution in [2.24, 2.45) is 0 Å². The van der Waals surface area contributed by atoms with Crippen LogP contribution in [0.2, 0.25) is 4.34 Å². The fraction of sp³-hybridized carbons (Fsp3) is 0.182. The summed E-state index contributed by atoms with van der Waals surface area (Å²) in [6.45, 7) is 2.01. The third kappa shape index (κ3) is 2.49. The van der Waals surface area contributed by atoms with E-state index < -0.39 is 0 Å². The summed E-state index contributed by atoms with van der Waals surface area (Å²) in [4.78, 5) is 5.34. The Morgan fingerprint density at radius 2 is 2.27 bits per heavy atom. The van der Waals surface area contributed by atoms with Gasteiger partial charge in [-0.15, -0.1) is 11.3 Å². The molecule has 0 aliphatic rings. The van der Waals surface area contributed by atoms with Crippen molar-refractivity contribution in [3.05, 3.63) is 44.7 Å². The molecule has 2 N–H and O–H groups in total. The van der Waals surface area contributed by atoms with Crippen LogP contribution >= 0.6 is 22.9 Å². The largest absolute Gasteiger partial charge is 0.383 e. The molecule has 0 spiro atoms. The smallest absolute Gasteiger partial charge is 0.126 e. The number of thiophene rings is 1. The molecule has 0 bridgehead atoms. The first kappa shape index (κ1) is 10.5. The number of hydrogen-bond donors (Lipinski definition) is 1. The van der Waals surface area contributed by atoms with Gasteiger partial charge in [0.1, 0.15) is 5.82 Å². The summed E-state index contributed by atoms with van der Waals surface area (Å²) in [6.07, 6.45) is 2.58. The zero-order valence-corrected chi connectivity index (χ0v) is 9.90. The van der Waals surface area contributed by atoms with Gasteiger partial charge < -0.3 is 5.73 Å². The second-order valence-electron chi connectivity index (χ2n) is 3.44. The first-order valence-electron chi connectivity index (χ1n) is 4.60. The van der Waals surface area contributed by atoms with Crippen LogP contribution in [0, 0.1) is 6.92 Å². The molecule has 0 aliphatic heterocycles. The van der Waals surface area contributed by atoms with Crippen LogP contribution in [0.4, 0.5) is 5.82 Å². The number of anilines is 1. The lowest BCUT2D eigenvalue weighted by Gasteiger charge is -2.03. The highest BCUT2D eigenvalue weighted by atomic mass is 35.5. The maximum atomic E-state index is 5.87. The van der Waals surface area contributed by atoms with Gasteiger partial charge in [0.15, 0.2) is 0 Å². The predicted octanol–water partition coefficient (Wildman–Crippen LogP) is 3.28. The van der Waals surface area contributed by atoms with Gasteiger partial charge in [0.25, 0.3) is 0 Å². The zero-order chi connectivity index (χ0) is 10.8. The molecule has 2 heterocycles. The van der Waals surface area contributed by atoms with Crippen molar-refractivity contribution in [3.63, 3.8) is 0 Å². The summed E-state index contributed by atoms with van der Waals surface area (Å²) < 4.78 is 0.809. The van der Waals surface area contributed by atoms with E-state index in [1.54, 1.807) is 17.5 Å². The molecule has 78 valence electrons. The molecule has 2 nitrogen and oxygen atoms in total. The van der Waals surface area contributed by atoms with E-state index in [4.69, 9.17) is 17.3 Å². The third-order valence-corrected chi connectivity index (χ3v) is 3.36. The molecule has 0 saturated carbocycles. The maximum Gasteiger partial charge on any atom is 0.126 e. The van der Waals surface area contributed by atoms with Crippen molar-refractivity contribution in [2.45, 2.75) is 13.3 Å². The van der Waals surface area contributed by atoms with E-state index in [1.165, 1.54) is 4.88 Å². The number of rotatable bonds is 2. The lowest BCUT2D eigenvalue weighted by Crippen LogP contribution is -1.98. The van der Waals surface area contributed by atoms with E-state index in [0.717, 1.165) is 21.9 Å². The number of nitrogen functional groups attached to an aromatic ring is 1. The number of aromatic nitrogens is 1. The van der Waals surface area contributed by atoms with Crippen LogP contribution in [-0.2, 0) is 6.42 Å². The van der Waals surface area contributed by atoms with Gasteiger partial charge in [-0.3, -0.25) is 0 Å². The van der Waals surface area contributed by atoms with Crippen molar-refractivity contribution in [1.29, 1.82) is 0 Å². The van der Waals surface area contributed by atoms with Gasteiger partial charge in [0.2, 0.25) is 0 Å². The minimum atomic E-state index is 0.602. The van der Waals surface area contributed by atoms with Crippen LogP contribution in [0.5, 0.6) is 0 Å². The third-order valence-electron chi connectivity index (χ3n) is 2.13. The Morgan fingerprint density at radius 1 is 1.47 bits per heavy atom. The van der Waals surface area contributed by atoms with Crippen molar-refractivity contribution < 1.29 is 0 Å². The number of nitrogens with two attached hydrogens (primary N) is 1. The van der Waals surface area contributed by atoms with E-state index >= 15 is 0 Å². The van der Waals surface area contributed by atoms with Crippen LogP contribution in [0.25, 0.3) is 0 Å². The van der Waals surface area contributed by atoms with Crippen LogP contribution in [-0.4, -0.2) is 4.98 Å². The Labute approximate surface area is 97.7 Å². The van der Waals surface area contributed by atoms with Gasteiger partial charge in [-0.05, 0) is 30.2 Å². The Balaban J connectivity index is 2.27. The fourth-order valence-electron chi connectivity index (χ4n) is 1.42. The number of aryl methyl sites for hydroxylation is 1. The van der Waals surface area contributed by atoms with Crippen molar-refractivity contribution in [2.75, 3.05) is 5.73 Å². The molecule has 0 radical (unpaired) electrons. The second-order valence-corrected chi connectivity index (χ2v) is 5.24. The molecule has 4 heteroatoms. The van der Waals surface area contributed by atoms with E-state index in [-0.39, 0.29) is 0 Å². The van der Waals surface area contributed by atoms with Gasteiger partial charge in [0.05, 0.1) is 4.34 Å². The van der Waals surface area contributed by atoms with Gasteiger partial charge in [-0.1, -0.05) is 17.7 Å². The lowest BCUT2D eigenvalue weighted by atomic mass is 10.1. The SMILES string of the molecule is Cc1cnc(N)c(Cc2ccc(Cl)s2)c1. The summed E-state index contributed by atoms with van der Waals surface area (Å²) in [5.41, 5.74) is 7.99. The number of hydrogen-bond acceptors (Lipinski definition) is 3. The van der Waals surface area contributed by atoms with E-state index in [2.05, 4.69) is 11.1 Å². The van der Waals surface area contributed by atoms with Crippen LogP contribution in [0.1, 0.15) is 16.0 Å². The highest BCUT2D eigenvalue weighted by molar-refractivity contribution is 7.16. The molecular weight excluding hydrogens is 228 g/mol. The molecule has 0 saturated heterocycles. The molecule has 0 amide bonds. The highest BCUT2D eigenvalue weighted by Crippen LogP contribution is 2.25. The molecule has 2 rings (SSSR count). The zero-order valence-electron chi connectivity index (χ0n) is 8.33. The minimum absolute atomic E-state index is 0.602. The van der Waals surface area contributed by atoms with Crippen LogP contribution < -0.4 is 5.73 Å². The fourth-order valence-corrected chi connectivity index (χ4v) is 2.53. The predicted molar refractivity (Wildman–Crippen MR) is 65.5 cm³/mol. The van der Waals surface area contributed by atoms with E-state index in [9.17, 15) is 0 Å². The standard InChI is InChI=1S/C11H11ClN2S/c1-7-4-8(11(13)14-6-7)5-9-2-3-10(12)15-9/h2-4,6H,5H2,1H3,(H2,13,14). The van der Waals surface area contributed by atoms with Crippen LogP contribution in [0.3, 0.4) is 0 Å². The minimum Gasteiger partial charge on any atom is -0.383 e. The number of halogens is 1. The summed E-state index contributed by atoms with van der Waals surface area (Å²) in [5, 5.41) is 0. The summed E-state index contributed by atoms with van der Waals surface area (Å²) >= 11 is 7.45. The molecule has 2 aromatic rings. The average molecular weight is 239 g/mol. The van der Waals surface area contributed by atoms with Gasteiger partial charge >= 0.3 is 0 Å². The van der Waals surface area contributed by atoms with E-state index in [0.29, 0.717) is 5.82 Å². The number of pyridine rings is 1. The molecular formula is C11H11ClN2S. The molecule has 0 atom stereocenters. The highest BCUT2D eigenvalue weighted by Gasteiger charge is 2.04. The molecule has 15 heavy (non-hydrogen) atoms. The van der Waals surface area contributed by atoms with Gasteiger partial charge in [-0.25, -0.2) is 4.98 Å². The molecule has 0 aromatic carbocycles. The summed E-state index contributed by atoms with van der Waals surface area (Å²) in [5.74, 6) is 0.602. The van der Waals surface area contributed by atoms with Crippen molar-refractivity contribution in [3.8, 4) is 0 Å². The molecule has 0 fully saturated rings. The topological polar surface area (TPSA) is 38.9 Å².